The average molecular weight is 422 g/mol. The highest BCUT2D eigenvalue weighted by Gasteiger charge is 2.11. The fourth-order valence-corrected chi connectivity index (χ4v) is 3.36. The minimum Gasteiger partial charge on any atom is -0.348 e. The van der Waals surface area contributed by atoms with Gasteiger partial charge in [0.25, 0.3) is 5.91 Å². The van der Waals surface area contributed by atoms with E-state index >= 15 is 0 Å². The molecule has 1 heterocycles. The van der Waals surface area contributed by atoms with Gasteiger partial charge in [0.1, 0.15) is 0 Å². The molecular weight excluding hydrogens is 396 g/mol. The molecule has 0 saturated heterocycles. The highest BCUT2D eigenvalue weighted by atomic mass is 16.2. The first-order chi connectivity index (χ1) is 14.8. The standard InChI is InChI=1S/C23H26N4O4/c1-4-27-19-9-8-16(12-18(19)26-22(30)23(27)31)21(29)24-13-15-6-5-7-17(11-15)25-20(28)10-14(2)3/h5-9,11-12,14H,4,10,13H2,1-3H3,(H,24,29)(H,25,28)(H,26,30). The monoisotopic (exact) mass is 422 g/mol. The van der Waals surface area contributed by atoms with Crippen LogP contribution in [0.2, 0.25) is 0 Å². The molecule has 8 heteroatoms. The second-order valence-corrected chi connectivity index (χ2v) is 7.76. The third-order valence-electron chi connectivity index (χ3n) is 4.81. The summed E-state index contributed by atoms with van der Waals surface area (Å²) >= 11 is 0. The molecule has 1 aromatic heterocycles. The Bertz CT molecular complexity index is 1240. The van der Waals surface area contributed by atoms with Crippen LogP contribution in [0.25, 0.3) is 11.0 Å². The molecule has 2 aromatic carbocycles. The lowest BCUT2D eigenvalue weighted by Crippen LogP contribution is -2.36. The molecule has 0 aliphatic heterocycles. The van der Waals surface area contributed by atoms with Gasteiger partial charge in [-0.1, -0.05) is 26.0 Å². The lowest BCUT2D eigenvalue weighted by molar-refractivity contribution is -0.116. The van der Waals surface area contributed by atoms with Crippen LogP contribution in [0.15, 0.2) is 52.1 Å². The zero-order valence-electron chi connectivity index (χ0n) is 17.8. The van der Waals surface area contributed by atoms with Crippen molar-refractivity contribution in [2.45, 2.75) is 40.3 Å². The number of anilines is 1. The van der Waals surface area contributed by atoms with Crippen LogP contribution in [0.1, 0.15) is 43.1 Å². The van der Waals surface area contributed by atoms with E-state index in [2.05, 4.69) is 15.6 Å². The lowest BCUT2D eigenvalue weighted by atomic mass is 10.1. The van der Waals surface area contributed by atoms with E-state index in [1.165, 1.54) is 4.57 Å². The number of amides is 2. The first-order valence-corrected chi connectivity index (χ1v) is 10.2. The molecule has 31 heavy (non-hydrogen) atoms. The Morgan fingerprint density at radius 2 is 1.87 bits per heavy atom. The van der Waals surface area contributed by atoms with Crippen molar-refractivity contribution in [3.05, 3.63) is 74.3 Å². The van der Waals surface area contributed by atoms with Crippen LogP contribution >= 0.6 is 0 Å². The molecular formula is C23H26N4O4. The number of carbonyl (C=O) groups is 2. The number of benzene rings is 2. The maximum absolute atomic E-state index is 12.6. The fraction of sp³-hybridized carbons (Fsp3) is 0.304. The molecule has 2 amide bonds. The Hall–Kier alpha value is -3.68. The van der Waals surface area contributed by atoms with Gasteiger partial charge in [0, 0.05) is 30.8 Å². The zero-order chi connectivity index (χ0) is 22.5. The van der Waals surface area contributed by atoms with Crippen molar-refractivity contribution >= 4 is 28.5 Å². The number of rotatable bonds is 7. The van der Waals surface area contributed by atoms with E-state index < -0.39 is 11.1 Å². The third-order valence-corrected chi connectivity index (χ3v) is 4.81. The molecule has 0 saturated carbocycles. The Balaban J connectivity index is 1.72. The van der Waals surface area contributed by atoms with E-state index in [9.17, 15) is 19.2 Å². The normalized spacial score (nSPS) is 11.0. The molecule has 0 aliphatic carbocycles. The van der Waals surface area contributed by atoms with E-state index in [1.807, 2.05) is 32.0 Å². The van der Waals surface area contributed by atoms with Crippen LogP contribution in [-0.4, -0.2) is 21.4 Å². The van der Waals surface area contributed by atoms with E-state index in [1.54, 1.807) is 31.2 Å². The summed E-state index contributed by atoms with van der Waals surface area (Å²) in [5.74, 6) is -0.0930. The second-order valence-electron chi connectivity index (χ2n) is 7.76. The highest BCUT2D eigenvalue weighted by Crippen LogP contribution is 2.14. The number of fused-ring (bicyclic) bond motifs is 1. The van der Waals surface area contributed by atoms with Crippen molar-refractivity contribution < 1.29 is 9.59 Å². The molecule has 0 atom stereocenters. The summed E-state index contributed by atoms with van der Waals surface area (Å²) in [5.41, 5.74) is 1.53. The van der Waals surface area contributed by atoms with Gasteiger partial charge in [-0.3, -0.25) is 19.2 Å². The Labute approximate surface area is 179 Å². The van der Waals surface area contributed by atoms with Crippen LogP contribution < -0.4 is 21.8 Å². The number of aromatic nitrogens is 2. The number of nitrogens with one attached hydrogen (secondary N) is 3. The molecule has 162 valence electrons. The number of aryl methyl sites for hydroxylation is 1. The smallest absolute Gasteiger partial charge is 0.316 e. The topological polar surface area (TPSA) is 113 Å². The predicted octanol–water partition coefficient (Wildman–Crippen LogP) is 2.62. The third kappa shape index (κ3) is 5.28. The van der Waals surface area contributed by atoms with Crippen LogP contribution in [0.3, 0.4) is 0 Å². The SMILES string of the molecule is CCn1c(=O)c(=O)[nH]c2cc(C(=O)NCc3cccc(NC(=O)CC(C)C)c3)ccc21. The first kappa shape index (κ1) is 22.0. The molecule has 3 rings (SSSR count). The summed E-state index contributed by atoms with van der Waals surface area (Å²) in [6, 6.07) is 12.1. The summed E-state index contributed by atoms with van der Waals surface area (Å²) in [6.07, 6.45) is 0.441. The van der Waals surface area contributed by atoms with Gasteiger partial charge in [-0.15, -0.1) is 0 Å². The van der Waals surface area contributed by atoms with Gasteiger partial charge in [-0.25, -0.2) is 0 Å². The molecule has 8 nitrogen and oxygen atoms in total. The molecule has 3 aromatic rings. The molecule has 0 fully saturated rings. The number of H-pyrrole nitrogens is 1. The maximum Gasteiger partial charge on any atom is 0.316 e. The van der Waals surface area contributed by atoms with Crippen molar-refractivity contribution in [1.82, 2.24) is 14.9 Å². The van der Waals surface area contributed by atoms with Gasteiger partial charge in [-0.05, 0) is 48.7 Å². The van der Waals surface area contributed by atoms with Gasteiger partial charge in [0.15, 0.2) is 0 Å². The van der Waals surface area contributed by atoms with E-state index in [-0.39, 0.29) is 24.3 Å². The molecule has 0 unspecified atom stereocenters. The predicted molar refractivity (Wildman–Crippen MR) is 120 cm³/mol. The largest absolute Gasteiger partial charge is 0.348 e. The summed E-state index contributed by atoms with van der Waals surface area (Å²) in [4.78, 5) is 50.9. The second kappa shape index (κ2) is 9.42. The minimum absolute atomic E-state index is 0.0492. The Morgan fingerprint density at radius 1 is 1.10 bits per heavy atom. The lowest BCUT2D eigenvalue weighted by Gasteiger charge is -2.11. The van der Waals surface area contributed by atoms with Crippen LogP contribution in [0.5, 0.6) is 0 Å². The first-order valence-electron chi connectivity index (χ1n) is 10.2. The summed E-state index contributed by atoms with van der Waals surface area (Å²) in [7, 11) is 0. The summed E-state index contributed by atoms with van der Waals surface area (Å²) < 4.78 is 1.37. The van der Waals surface area contributed by atoms with Crippen molar-refractivity contribution in [3.63, 3.8) is 0 Å². The molecule has 0 bridgehead atoms. The molecule has 0 aliphatic rings. The maximum atomic E-state index is 12.6. The molecule has 3 N–H and O–H groups in total. The van der Waals surface area contributed by atoms with E-state index in [0.29, 0.717) is 35.2 Å². The van der Waals surface area contributed by atoms with Crippen molar-refractivity contribution in [1.29, 1.82) is 0 Å². The summed E-state index contributed by atoms with van der Waals surface area (Å²) in [5, 5.41) is 5.70. The fourth-order valence-electron chi connectivity index (χ4n) is 3.36. The van der Waals surface area contributed by atoms with Gasteiger partial charge in [0.05, 0.1) is 11.0 Å². The van der Waals surface area contributed by atoms with E-state index in [0.717, 1.165) is 5.56 Å². The minimum atomic E-state index is -0.719. The number of hydrogen-bond donors (Lipinski definition) is 3. The quantitative estimate of drug-likeness (QED) is 0.508. The van der Waals surface area contributed by atoms with Crippen LogP contribution in [0.4, 0.5) is 5.69 Å². The zero-order valence-corrected chi connectivity index (χ0v) is 17.8. The highest BCUT2D eigenvalue weighted by molar-refractivity contribution is 5.97. The molecule has 0 radical (unpaired) electrons. The van der Waals surface area contributed by atoms with Crippen LogP contribution in [-0.2, 0) is 17.9 Å². The number of carbonyl (C=O) groups excluding carboxylic acids is 2. The Morgan fingerprint density at radius 3 is 2.58 bits per heavy atom. The van der Waals surface area contributed by atoms with Crippen LogP contribution in [0, 0.1) is 5.92 Å². The Kier molecular flexibility index (Phi) is 6.69. The van der Waals surface area contributed by atoms with Crippen molar-refractivity contribution in [2.75, 3.05) is 5.32 Å². The molecule has 0 spiro atoms. The summed E-state index contributed by atoms with van der Waals surface area (Å²) in [6.45, 7) is 6.37. The number of nitrogens with zero attached hydrogens (tertiary/aromatic N) is 1. The van der Waals surface area contributed by atoms with Crippen molar-refractivity contribution in [2.24, 2.45) is 5.92 Å². The van der Waals surface area contributed by atoms with Gasteiger partial charge in [0.2, 0.25) is 5.91 Å². The number of aromatic amines is 1. The van der Waals surface area contributed by atoms with Gasteiger partial charge >= 0.3 is 11.1 Å². The number of hydrogen-bond acceptors (Lipinski definition) is 4. The van der Waals surface area contributed by atoms with Gasteiger partial charge in [-0.2, -0.15) is 0 Å². The van der Waals surface area contributed by atoms with Crippen molar-refractivity contribution in [3.8, 4) is 0 Å². The van der Waals surface area contributed by atoms with E-state index in [4.69, 9.17) is 0 Å². The average Bonchev–Trinajstić information content (AvgIpc) is 2.72. The van der Waals surface area contributed by atoms with Gasteiger partial charge < -0.3 is 20.2 Å².